The highest BCUT2D eigenvalue weighted by atomic mass is 35.5. The summed E-state index contributed by atoms with van der Waals surface area (Å²) in [6.07, 6.45) is 1.01. The van der Waals surface area contributed by atoms with E-state index >= 15 is 0 Å². The van der Waals surface area contributed by atoms with E-state index in [-0.39, 0.29) is 10.5 Å². The van der Waals surface area contributed by atoms with Gasteiger partial charge in [0.1, 0.15) is 5.75 Å². The molecule has 1 heterocycles. The molecule has 2 unspecified atom stereocenters. The van der Waals surface area contributed by atoms with Gasteiger partial charge in [0.2, 0.25) is 10.0 Å². The van der Waals surface area contributed by atoms with Crippen molar-refractivity contribution in [2.75, 3.05) is 25.5 Å². The molecule has 2 atom stereocenters. The zero-order valence-electron chi connectivity index (χ0n) is 16.7. The molecule has 0 bridgehead atoms. The molecule has 0 aromatic heterocycles. The van der Waals surface area contributed by atoms with Crippen LogP contribution < -0.4 is 10.1 Å². The Balaban J connectivity index is 1.81. The molecule has 2 aromatic carbocycles. The van der Waals surface area contributed by atoms with Crippen LogP contribution in [-0.4, -0.2) is 38.8 Å². The maximum Gasteiger partial charge on any atom is 0.255 e. The quantitative estimate of drug-likeness (QED) is 0.759. The molecule has 156 valence electrons. The summed E-state index contributed by atoms with van der Waals surface area (Å²) in [7, 11) is -2.15. The summed E-state index contributed by atoms with van der Waals surface area (Å²) >= 11 is 6.09. The first-order chi connectivity index (χ1) is 13.7. The Kier molecular flexibility index (Phi) is 6.51. The van der Waals surface area contributed by atoms with Gasteiger partial charge in [0, 0.05) is 24.3 Å². The van der Waals surface area contributed by atoms with Gasteiger partial charge in [0.15, 0.2) is 0 Å². The van der Waals surface area contributed by atoms with Crippen molar-refractivity contribution in [2.45, 2.75) is 25.2 Å². The average Bonchev–Trinajstić information content (AvgIpc) is 2.67. The van der Waals surface area contributed by atoms with Crippen molar-refractivity contribution in [2.24, 2.45) is 11.8 Å². The fraction of sp³-hybridized carbons (Fsp3) is 0.381. The zero-order chi connectivity index (χ0) is 21.2. The number of rotatable bonds is 5. The number of carbonyl (C=O) groups is 1. The first-order valence-corrected chi connectivity index (χ1v) is 11.3. The zero-order valence-corrected chi connectivity index (χ0v) is 18.3. The number of carbonyl (C=O) groups excluding carboxylic acids is 1. The number of nitrogens with zero attached hydrogens (tertiary/aromatic N) is 1. The van der Waals surface area contributed by atoms with Crippen LogP contribution in [-0.2, 0) is 10.0 Å². The van der Waals surface area contributed by atoms with Gasteiger partial charge < -0.3 is 10.1 Å². The van der Waals surface area contributed by atoms with Crippen LogP contribution in [0.15, 0.2) is 47.4 Å². The molecule has 1 fully saturated rings. The molecule has 0 aliphatic carbocycles. The lowest BCUT2D eigenvalue weighted by atomic mass is 9.94. The monoisotopic (exact) mass is 436 g/mol. The van der Waals surface area contributed by atoms with E-state index in [2.05, 4.69) is 19.2 Å². The summed E-state index contributed by atoms with van der Waals surface area (Å²) in [5.41, 5.74) is 0.754. The van der Waals surface area contributed by atoms with Crippen molar-refractivity contribution < 1.29 is 17.9 Å². The number of hydrogen-bond acceptors (Lipinski definition) is 4. The van der Waals surface area contributed by atoms with Crippen molar-refractivity contribution >= 4 is 33.2 Å². The summed E-state index contributed by atoms with van der Waals surface area (Å²) in [5.74, 6) is 0.700. The standard InChI is InChI=1S/C21H25ClN2O4S/c1-14-9-15(2)13-24(12-14)29(26,27)18-6-4-5-16(10-18)21(25)23-17-7-8-20(28-3)19(22)11-17/h4-8,10-11,14-15H,9,12-13H2,1-3H3,(H,23,25). The number of sulfonamides is 1. The molecule has 6 nitrogen and oxygen atoms in total. The van der Waals surface area contributed by atoms with E-state index in [0.29, 0.717) is 41.4 Å². The number of anilines is 1. The minimum atomic E-state index is -3.66. The van der Waals surface area contributed by atoms with Gasteiger partial charge >= 0.3 is 0 Å². The highest BCUT2D eigenvalue weighted by Gasteiger charge is 2.32. The lowest BCUT2D eigenvalue weighted by Crippen LogP contribution is -2.42. The summed E-state index contributed by atoms with van der Waals surface area (Å²) < 4.78 is 32.8. The van der Waals surface area contributed by atoms with Gasteiger partial charge in [-0.3, -0.25) is 4.79 Å². The fourth-order valence-electron chi connectivity index (χ4n) is 3.70. The maximum atomic E-state index is 13.1. The second-order valence-electron chi connectivity index (χ2n) is 7.60. The van der Waals surface area contributed by atoms with E-state index in [1.54, 1.807) is 30.3 Å². The molecule has 2 aromatic rings. The Morgan fingerprint density at radius 2 is 1.83 bits per heavy atom. The van der Waals surface area contributed by atoms with Crippen LogP contribution in [0, 0.1) is 11.8 Å². The minimum Gasteiger partial charge on any atom is -0.495 e. The number of methoxy groups -OCH3 is 1. The second-order valence-corrected chi connectivity index (χ2v) is 9.94. The molecular weight excluding hydrogens is 412 g/mol. The van der Waals surface area contributed by atoms with E-state index in [4.69, 9.17) is 16.3 Å². The molecule has 0 saturated carbocycles. The smallest absolute Gasteiger partial charge is 0.255 e. The molecule has 1 saturated heterocycles. The number of ether oxygens (including phenoxy) is 1. The van der Waals surface area contributed by atoms with Crippen LogP contribution in [0.1, 0.15) is 30.6 Å². The second kappa shape index (κ2) is 8.73. The van der Waals surface area contributed by atoms with Crippen molar-refractivity contribution in [3.8, 4) is 5.75 Å². The highest BCUT2D eigenvalue weighted by molar-refractivity contribution is 7.89. The van der Waals surface area contributed by atoms with Crippen LogP contribution in [0.2, 0.25) is 5.02 Å². The van der Waals surface area contributed by atoms with Crippen molar-refractivity contribution in [1.29, 1.82) is 0 Å². The fourth-order valence-corrected chi connectivity index (χ4v) is 5.68. The van der Waals surface area contributed by atoms with Gasteiger partial charge in [0.05, 0.1) is 17.0 Å². The van der Waals surface area contributed by atoms with Crippen LogP contribution in [0.3, 0.4) is 0 Å². The SMILES string of the molecule is COc1ccc(NC(=O)c2cccc(S(=O)(=O)N3CC(C)CC(C)C3)c2)cc1Cl. The topological polar surface area (TPSA) is 75.7 Å². The van der Waals surface area contributed by atoms with Crippen molar-refractivity contribution in [1.82, 2.24) is 4.31 Å². The van der Waals surface area contributed by atoms with Crippen molar-refractivity contribution in [3.05, 3.63) is 53.1 Å². The molecule has 1 N–H and O–H groups in total. The molecule has 8 heteroatoms. The van der Waals surface area contributed by atoms with E-state index < -0.39 is 15.9 Å². The van der Waals surface area contributed by atoms with E-state index in [1.807, 2.05) is 0 Å². The van der Waals surface area contributed by atoms with Crippen LogP contribution >= 0.6 is 11.6 Å². The van der Waals surface area contributed by atoms with Crippen LogP contribution in [0.25, 0.3) is 0 Å². The Bertz CT molecular complexity index is 999. The van der Waals surface area contributed by atoms with Gasteiger partial charge in [-0.15, -0.1) is 0 Å². The first kappa shape index (κ1) is 21.6. The lowest BCUT2D eigenvalue weighted by Gasteiger charge is -2.34. The first-order valence-electron chi connectivity index (χ1n) is 9.46. The number of halogens is 1. The third-order valence-electron chi connectivity index (χ3n) is 4.98. The molecular formula is C21H25ClN2O4S. The molecule has 1 amide bonds. The highest BCUT2D eigenvalue weighted by Crippen LogP contribution is 2.29. The van der Waals surface area contributed by atoms with Gasteiger partial charge in [0.25, 0.3) is 5.91 Å². The predicted octanol–water partition coefficient (Wildman–Crippen LogP) is 4.27. The van der Waals surface area contributed by atoms with E-state index in [0.717, 1.165) is 6.42 Å². The normalized spacial score (nSPS) is 20.3. The van der Waals surface area contributed by atoms with Crippen molar-refractivity contribution in [3.63, 3.8) is 0 Å². The van der Waals surface area contributed by atoms with Crippen LogP contribution in [0.5, 0.6) is 5.75 Å². The van der Waals surface area contributed by atoms with Crippen LogP contribution in [0.4, 0.5) is 5.69 Å². The van der Waals surface area contributed by atoms with E-state index in [9.17, 15) is 13.2 Å². The number of benzene rings is 2. The molecule has 1 aliphatic heterocycles. The number of amides is 1. The number of piperidine rings is 1. The third kappa shape index (κ3) is 4.91. The summed E-state index contributed by atoms with van der Waals surface area (Å²) in [6.45, 7) is 5.10. The number of hydrogen-bond donors (Lipinski definition) is 1. The minimum absolute atomic E-state index is 0.124. The Labute approximate surface area is 176 Å². The molecule has 0 spiro atoms. The molecule has 29 heavy (non-hydrogen) atoms. The predicted molar refractivity (Wildman–Crippen MR) is 114 cm³/mol. The van der Waals surface area contributed by atoms with Gasteiger partial charge in [-0.25, -0.2) is 8.42 Å². The molecule has 0 radical (unpaired) electrons. The Hall–Kier alpha value is -2.09. The summed E-state index contributed by atoms with van der Waals surface area (Å²) in [4.78, 5) is 12.8. The lowest BCUT2D eigenvalue weighted by molar-refractivity contribution is 0.102. The maximum absolute atomic E-state index is 13.1. The average molecular weight is 437 g/mol. The van der Waals surface area contributed by atoms with Gasteiger partial charge in [-0.05, 0) is 54.7 Å². The largest absolute Gasteiger partial charge is 0.495 e. The summed E-state index contributed by atoms with van der Waals surface area (Å²) in [6, 6.07) is 11.0. The van der Waals surface area contributed by atoms with Gasteiger partial charge in [-0.1, -0.05) is 31.5 Å². The molecule has 3 rings (SSSR count). The third-order valence-corrected chi connectivity index (χ3v) is 7.10. The summed E-state index contributed by atoms with van der Waals surface area (Å²) in [5, 5.41) is 3.11. The number of nitrogens with one attached hydrogen (secondary N) is 1. The van der Waals surface area contributed by atoms with Gasteiger partial charge in [-0.2, -0.15) is 4.31 Å². The van der Waals surface area contributed by atoms with E-state index in [1.165, 1.54) is 23.5 Å². The molecule has 1 aliphatic rings. The Morgan fingerprint density at radius 1 is 1.14 bits per heavy atom. The Morgan fingerprint density at radius 3 is 2.45 bits per heavy atom.